The molecule has 0 radical (unpaired) electrons. The lowest BCUT2D eigenvalue weighted by atomic mass is 9.45. The molecule has 45 heavy (non-hydrogen) atoms. The third-order valence-corrected chi connectivity index (χ3v) is 11.8. The second-order valence-corrected chi connectivity index (χ2v) is 14.1. The molecule has 2 N–H and O–H groups in total. The molecule has 0 saturated heterocycles. The number of aliphatic hydroxyl groups excluding tert-OH is 1. The number of allylic oxidation sites excluding steroid dienone is 4. The molecule has 11 heteroatoms. The van der Waals surface area contributed by atoms with Crippen LogP contribution in [0.4, 0.5) is 8.78 Å². The molecule has 0 aliphatic heterocycles. The highest BCUT2D eigenvalue weighted by molar-refractivity contribution is 8.13. The van der Waals surface area contributed by atoms with Crippen molar-refractivity contribution in [3.8, 4) is 17.2 Å². The van der Waals surface area contributed by atoms with Crippen LogP contribution < -0.4 is 4.74 Å². The van der Waals surface area contributed by atoms with Gasteiger partial charge < -0.3 is 19.7 Å². The second-order valence-electron chi connectivity index (χ2n) is 12.8. The molecule has 7 atom stereocenters. The average molecular weight is 659 g/mol. The van der Waals surface area contributed by atoms with E-state index in [1.54, 1.807) is 19.9 Å². The molecule has 3 saturated carbocycles. The van der Waals surface area contributed by atoms with E-state index >= 15 is 4.39 Å². The SMILES string of the molecule is C[C@]12C=CC(=O)C=C1CCC1C3CC[C@](OC(=O)c4ccc(Oc5ccc(O)c(Cl)c5)cc4)(C(=O)SCF)[C@@]3(C)C[C@H](O)C12F. The van der Waals surface area contributed by atoms with Gasteiger partial charge in [-0.3, -0.25) is 9.59 Å². The lowest BCUT2D eigenvalue weighted by Crippen LogP contribution is -2.69. The molecule has 7 nitrogen and oxygen atoms in total. The summed E-state index contributed by atoms with van der Waals surface area (Å²) in [5, 5.41) is 20.7. The van der Waals surface area contributed by atoms with Crippen LogP contribution in [-0.2, 0) is 14.3 Å². The van der Waals surface area contributed by atoms with Gasteiger partial charge in [0.15, 0.2) is 17.1 Å². The van der Waals surface area contributed by atoms with E-state index in [-0.39, 0.29) is 35.0 Å². The smallest absolute Gasteiger partial charge is 0.339 e. The number of rotatable bonds is 6. The minimum atomic E-state index is -2.12. The van der Waals surface area contributed by atoms with Crippen LogP contribution in [0.3, 0.4) is 0 Å². The number of alkyl halides is 2. The maximum atomic E-state index is 17.5. The van der Waals surface area contributed by atoms with Gasteiger partial charge in [0.1, 0.15) is 23.3 Å². The number of halogens is 3. The molecule has 238 valence electrons. The van der Waals surface area contributed by atoms with Crippen LogP contribution in [-0.4, -0.2) is 50.5 Å². The summed E-state index contributed by atoms with van der Waals surface area (Å²) in [4.78, 5) is 39.5. The molecule has 2 aromatic carbocycles. The van der Waals surface area contributed by atoms with E-state index in [9.17, 15) is 29.0 Å². The van der Waals surface area contributed by atoms with Crippen molar-refractivity contribution in [3.63, 3.8) is 0 Å². The monoisotopic (exact) mass is 658 g/mol. The number of fused-ring (bicyclic) bond motifs is 5. The topological polar surface area (TPSA) is 110 Å². The summed E-state index contributed by atoms with van der Waals surface area (Å²) in [7, 11) is 0. The van der Waals surface area contributed by atoms with Crippen LogP contribution in [0, 0.1) is 22.7 Å². The van der Waals surface area contributed by atoms with Gasteiger partial charge in [-0.25, -0.2) is 13.6 Å². The van der Waals surface area contributed by atoms with Crippen LogP contribution in [0.5, 0.6) is 17.2 Å². The molecule has 0 amide bonds. The Labute approximate surface area is 268 Å². The van der Waals surface area contributed by atoms with Crippen LogP contribution >= 0.6 is 23.4 Å². The van der Waals surface area contributed by atoms with Gasteiger partial charge in [0.25, 0.3) is 0 Å². The van der Waals surface area contributed by atoms with E-state index in [4.69, 9.17) is 21.1 Å². The van der Waals surface area contributed by atoms with Gasteiger partial charge in [-0.05, 0) is 105 Å². The van der Waals surface area contributed by atoms with Gasteiger partial charge in [-0.15, -0.1) is 0 Å². The maximum Gasteiger partial charge on any atom is 0.339 e. The zero-order chi connectivity index (χ0) is 32.4. The zero-order valence-electron chi connectivity index (χ0n) is 24.7. The first-order chi connectivity index (χ1) is 21.3. The average Bonchev–Trinajstić information content (AvgIpc) is 3.28. The number of ether oxygens (including phenoxy) is 2. The normalized spacial score (nSPS) is 35.1. The van der Waals surface area contributed by atoms with Crippen LogP contribution in [0.15, 0.2) is 66.3 Å². The molecule has 3 fully saturated rings. The van der Waals surface area contributed by atoms with Crippen molar-refractivity contribution in [2.45, 2.75) is 63.3 Å². The quantitative estimate of drug-likeness (QED) is 0.312. The van der Waals surface area contributed by atoms with E-state index in [2.05, 4.69) is 0 Å². The molecule has 0 heterocycles. The van der Waals surface area contributed by atoms with Crippen LogP contribution in [0.1, 0.15) is 56.3 Å². The fourth-order valence-electron chi connectivity index (χ4n) is 8.47. The Morgan fingerprint density at radius 2 is 1.80 bits per heavy atom. The number of hydrogen-bond donors (Lipinski definition) is 2. The van der Waals surface area contributed by atoms with Crippen LogP contribution in [0.2, 0.25) is 5.02 Å². The Balaban J connectivity index is 1.30. The first-order valence-electron chi connectivity index (χ1n) is 14.8. The van der Waals surface area contributed by atoms with E-state index in [0.29, 0.717) is 48.1 Å². The van der Waals surface area contributed by atoms with Gasteiger partial charge in [0.05, 0.1) is 16.7 Å². The maximum absolute atomic E-state index is 17.5. The van der Waals surface area contributed by atoms with Gasteiger partial charge >= 0.3 is 5.97 Å². The number of aromatic hydroxyl groups is 1. The number of aliphatic hydroxyl groups is 1. The van der Waals surface area contributed by atoms with Crippen molar-refractivity contribution >= 4 is 40.2 Å². The highest BCUT2D eigenvalue weighted by Crippen LogP contribution is 2.70. The van der Waals surface area contributed by atoms with E-state index in [1.807, 2.05) is 0 Å². The molecule has 6 rings (SSSR count). The first-order valence-corrected chi connectivity index (χ1v) is 16.2. The fraction of sp³-hybridized carbons (Fsp3) is 0.441. The van der Waals surface area contributed by atoms with Crippen LogP contribution in [0.25, 0.3) is 0 Å². The standard InChI is InChI=1S/C34H33ClF2O7S/c1-31-13-11-21(38)15-20(31)5-9-25-24-12-14-33(30(42)45-18-36,32(24,2)17-28(40)34(25,31)37)44-29(41)19-3-6-22(7-4-19)43-23-8-10-27(39)26(35)16-23/h3-4,6-8,10-11,13,15-16,24-25,28,39-40H,5,9,12,14,17-18H2,1-2H3/t24?,25?,28-,31-,32-,33-,34?/m0/s1. The number of ketones is 1. The first kappa shape index (κ1) is 31.8. The molecular formula is C34H33ClF2O7S. The summed E-state index contributed by atoms with van der Waals surface area (Å²) in [6.45, 7) is 3.45. The number of phenolic OH excluding ortho intramolecular Hbond substituents is 1. The summed E-state index contributed by atoms with van der Waals surface area (Å²) in [6.07, 6.45) is 3.81. The molecular weight excluding hydrogens is 626 g/mol. The van der Waals surface area contributed by atoms with Crippen molar-refractivity contribution < 1.29 is 42.9 Å². The third-order valence-electron chi connectivity index (χ3n) is 10.8. The van der Waals surface area contributed by atoms with Gasteiger partial charge in [-0.2, -0.15) is 0 Å². The Bertz CT molecular complexity index is 1630. The lowest BCUT2D eigenvalue weighted by Gasteiger charge is -2.62. The predicted molar refractivity (Wildman–Crippen MR) is 165 cm³/mol. The van der Waals surface area contributed by atoms with Crippen molar-refractivity contribution in [2.24, 2.45) is 22.7 Å². The summed E-state index contributed by atoms with van der Waals surface area (Å²) >= 11 is 6.35. The second kappa shape index (κ2) is 11.2. The number of phenols is 1. The molecule has 3 unspecified atom stereocenters. The third kappa shape index (κ3) is 4.74. The molecule has 0 bridgehead atoms. The molecule has 0 aromatic heterocycles. The van der Waals surface area contributed by atoms with Gasteiger partial charge in [0, 0.05) is 22.8 Å². The molecule has 4 aliphatic carbocycles. The summed E-state index contributed by atoms with van der Waals surface area (Å²) in [5.74, 6) is -1.55. The zero-order valence-corrected chi connectivity index (χ0v) is 26.3. The summed E-state index contributed by atoms with van der Waals surface area (Å²) in [5.41, 5.74) is -5.57. The summed E-state index contributed by atoms with van der Waals surface area (Å²) in [6, 6.07) is 9.29. The van der Waals surface area contributed by atoms with Crippen molar-refractivity contribution in [1.82, 2.24) is 0 Å². The lowest BCUT2D eigenvalue weighted by molar-refractivity contribution is -0.214. The van der Waals surface area contributed by atoms with E-state index in [1.165, 1.54) is 54.6 Å². The molecule has 4 aliphatic rings. The largest absolute Gasteiger partial charge is 0.506 e. The number of esters is 1. The Hall–Kier alpha value is -3.21. The molecule has 2 aromatic rings. The summed E-state index contributed by atoms with van der Waals surface area (Å²) < 4.78 is 43.0. The Kier molecular flexibility index (Phi) is 7.93. The fourth-order valence-corrected chi connectivity index (χ4v) is 9.35. The number of hydrogen-bond acceptors (Lipinski definition) is 8. The van der Waals surface area contributed by atoms with E-state index in [0.717, 1.165) is 0 Å². The number of carbonyl (C=O) groups excluding carboxylic acids is 3. The van der Waals surface area contributed by atoms with Gasteiger partial charge in [0.2, 0.25) is 5.12 Å². The minimum absolute atomic E-state index is 0.0571. The number of benzene rings is 2. The highest BCUT2D eigenvalue weighted by atomic mass is 35.5. The number of carbonyl (C=O) groups is 3. The highest BCUT2D eigenvalue weighted by Gasteiger charge is 2.75. The van der Waals surface area contributed by atoms with E-state index < -0.39 is 57.1 Å². The van der Waals surface area contributed by atoms with Crippen molar-refractivity contribution in [3.05, 3.63) is 76.9 Å². The van der Waals surface area contributed by atoms with Crippen molar-refractivity contribution in [2.75, 3.05) is 6.01 Å². The van der Waals surface area contributed by atoms with Crippen molar-refractivity contribution in [1.29, 1.82) is 0 Å². The Morgan fingerprint density at radius 1 is 1.09 bits per heavy atom. The number of thioether (sulfide) groups is 1. The minimum Gasteiger partial charge on any atom is -0.506 e. The molecule has 0 spiro atoms. The Morgan fingerprint density at radius 3 is 2.49 bits per heavy atom. The predicted octanol–water partition coefficient (Wildman–Crippen LogP) is 7.29. The van der Waals surface area contributed by atoms with Gasteiger partial charge in [-0.1, -0.05) is 30.2 Å².